The number of hydrogen-bond donors (Lipinski definition) is 1. The molecule has 0 saturated heterocycles. The molecule has 124 valence electrons. The minimum atomic E-state index is -0.380. The molecule has 0 aliphatic heterocycles. The zero-order chi connectivity index (χ0) is 16.9. The Bertz CT molecular complexity index is 827. The molecular formula is C15H15ClN6O2. The SMILES string of the molecule is COCn1ccc(C(=O)Nc2ncn(Cc3ccc(Cl)cc3)n2)n1. The van der Waals surface area contributed by atoms with E-state index in [0.29, 0.717) is 11.6 Å². The van der Waals surface area contributed by atoms with Crippen LogP contribution in [0, 0.1) is 0 Å². The molecule has 1 amide bonds. The number of hydrogen-bond acceptors (Lipinski definition) is 5. The average Bonchev–Trinajstić information content (AvgIpc) is 3.20. The summed E-state index contributed by atoms with van der Waals surface area (Å²) < 4.78 is 8.08. The van der Waals surface area contributed by atoms with Gasteiger partial charge in [0.05, 0.1) is 6.54 Å². The lowest BCUT2D eigenvalue weighted by Crippen LogP contribution is -2.15. The van der Waals surface area contributed by atoms with E-state index in [1.807, 2.05) is 24.3 Å². The second kappa shape index (κ2) is 7.24. The number of amides is 1. The van der Waals surface area contributed by atoms with Crippen LogP contribution in [-0.2, 0) is 18.0 Å². The number of aromatic nitrogens is 5. The van der Waals surface area contributed by atoms with Gasteiger partial charge in [0.1, 0.15) is 13.1 Å². The molecule has 0 atom stereocenters. The Balaban J connectivity index is 1.62. The van der Waals surface area contributed by atoms with E-state index < -0.39 is 0 Å². The summed E-state index contributed by atoms with van der Waals surface area (Å²) in [4.78, 5) is 16.2. The molecule has 3 rings (SSSR count). The summed E-state index contributed by atoms with van der Waals surface area (Å²) in [5.41, 5.74) is 1.29. The molecule has 9 heteroatoms. The van der Waals surface area contributed by atoms with Crippen molar-refractivity contribution in [3.05, 3.63) is 59.1 Å². The summed E-state index contributed by atoms with van der Waals surface area (Å²) in [5, 5.41) is 11.6. The monoisotopic (exact) mass is 346 g/mol. The Labute approximate surface area is 143 Å². The number of ether oxygens (including phenoxy) is 1. The maximum Gasteiger partial charge on any atom is 0.278 e. The van der Waals surface area contributed by atoms with Gasteiger partial charge in [-0.15, -0.1) is 5.10 Å². The molecule has 0 radical (unpaired) electrons. The van der Waals surface area contributed by atoms with Crippen LogP contribution in [0.25, 0.3) is 0 Å². The van der Waals surface area contributed by atoms with Crippen LogP contribution >= 0.6 is 11.6 Å². The highest BCUT2D eigenvalue weighted by atomic mass is 35.5. The topological polar surface area (TPSA) is 86.9 Å². The molecule has 2 aromatic heterocycles. The zero-order valence-corrected chi connectivity index (χ0v) is 13.6. The van der Waals surface area contributed by atoms with Gasteiger partial charge in [0, 0.05) is 18.3 Å². The van der Waals surface area contributed by atoms with Crippen LogP contribution in [0.4, 0.5) is 5.95 Å². The first kappa shape index (κ1) is 16.2. The molecule has 2 heterocycles. The Kier molecular flexibility index (Phi) is 4.88. The van der Waals surface area contributed by atoms with Crippen LogP contribution in [0.15, 0.2) is 42.9 Å². The number of anilines is 1. The van der Waals surface area contributed by atoms with E-state index in [1.165, 1.54) is 4.68 Å². The quantitative estimate of drug-likeness (QED) is 0.738. The van der Waals surface area contributed by atoms with Gasteiger partial charge in [-0.1, -0.05) is 23.7 Å². The first-order valence-corrected chi connectivity index (χ1v) is 7.49. The van der Waals surface area contributed by atoms with Gasteiger partial charge < -0.3 is 4.74 Å². The smallest absolute Gasteiger partial charge is 0.278 e. The summed E-state index contributed by atoms with van der Waals surface area (Å²) >= 11 is 5.86. The van der Waals surface area contributed by atoms with Crippen molar-refractivity contribution in [3.8, 4) is 0 Å². The van der Waals surface area contributed by atoms with E-state index in [4.69, 9.17) is 16.3 Å². The van der Waals surface area contributed by atoms with Gasteiger partial charge in [-0.3, -0.25) is 10.1 Å². The Morgan fingerprint density at radius 2 is 2.00 bits per heavy atom. The maximum absolute atomic E-state index is 12.1. The third-order valence-electron chi connectivity index (χ3n) is 3.15. The van der Waals surface area contributed by atoms with Crippen LogP contribution in [0.1, 0.15) is 16.1 Å². The van der Waals surface area contributed by atoms with E-state index in [0.717, 1.165) is 5.56 Å². The molecule has 0 aliphatic rings. The molecule has 24 heavy (non-hydrogen) atoms. The predicted octanol–water partition coefficient (Wildman–Crippen LogP) is 2.03. The number of carbonyl (C=O) groups excluding carboxylic acids is 1. The normalized spacial score (nSPS) is 10.8. The van der Waals surface area contributed by atoms with Gasteiger partial charge in [-0.05, 0) is 23.8 Å². The van der Waals surface area contributed by atoms with Gasteiger partial charge in [0.2, 0.25) is 5.95 Å². The fourth-order valence-electron chi connectivity index (χ4n) is 2.06. The lowest BCUT2D eigenvalue weighted by atomic mass is 10.2. The lowest BCUT2D eigenvalue weighted by molar-refractivity contribution is 0.101. The molecular weight excluding hydrogens is 332 g/mol. The molecule has 0 saturated carbocycles. The van der Waals surface area contributed by atoms with Gasteiger partial charge in [-0.25, -0.2) is 14.3 Å². The fourth-order valence-corrected chi connectivity index (χ4v) is 2.18. The third kappa shape index (κ3) is 3.98. The molecule has 1 aromatic carbocycles. The molecule has 0 bridgehead atoms. The van der Waals surface area contributed by atoms with Crippen molar-refractivity contribution in [1.82, 2.24) is 24.5 Å². The minimum Gasteiger partial charge on any atom is -0.362 e. The molecule has 0 fully saturated rings. The van der Waals surface area contributed by atoms with Crippen molar-refractivity contribution in [2.75, 3.05) is 12.4 Å². The van der Waals surface area contributed by atoms with Crippen molar-refractivity contribution in [3.63, 3.8) is 0 Å². The number of nitrogens with one attached hydrogen (secondary N) is 1. The lowest BCUT2D eigenvalue weighted by Gasteiger charge is -2.01. The van der Waals surface area contributed by atoms with E-state index in [2.05, 4.69) is 20.5 Å². The molecule has 1 N–H and O–H groups in total. The maximum atomic E-state index is 12.1. The van der Waals surface area contributed by atoms with Crippen LogP contribution < -0.4 is 5.32 Å². The minimum absolute atomic E-state index is 0.218. The van der Waals surface area contributed by atoms with Gasteiger partial charge >= 0.3 is 0 Å². The zero-order valence-electron chi connectivity index (χ0n) is 12.9. The molecule has 3 aromatic rings. The third-order valence-corrected chi connectivity index (χ3v) is 3.41. The highest BCUT2D eigenvalue weighted by Crippen LogP contribution is 2.11. The Morgan fingerprint density at radius 3 is 2.75 bits per heavy atom. The van der Waals surface area contributed by atoms with Crippen LogP contribution in [-0.4, -0.2) is 37.6 Å². The second-order valence-corrected chi connectivity index (χ2v) is 5.44. The summed E-state index contributed by atoms with van der Waals surface area (Å²) in [5.74, 6) is -0.163. The number of benzene rings is 1. The summed E-state index contributed by atoms with van der Waals surface area (Å²) in [6.45, 7) is 0.809. The highest BCUT2D eigenvalue weighted by molar-refractivity contribution is 6.30. The highest BCUT2D eigenvalue weighted by Gasteiger charge is 2.12. The van der Waals surface area contributed by atoms with Gasteiger partial charge in [0.25, 0.3) is 5.91 Å². The van der Waals surface area contributed by atoms with Crippen molar-refractivity contribution in [2.24, 2.45) is 0 Å². The van der Waals surface area contributed by atoms with E-state index in [9.17, 15) is 4.79 Å². The van der Waals surface area contributed by atoms with Crippen LogP contribution in [0.5, 0.6) is 0 Å². The Hall–Kier alpha value is -2.71. The second-order valence-electron chi connectivity index (χ2n) is 5.00. The van der Waals surface area contributed by atoms with Crippen molar-refractivity contribution >= 4 is 23.5 Å². The summed E-state index contributed by atoms with van der Waals surface area (Å²) in [6.07, 6.45) is 3.21. The van der Waals surface area contributed by atoms with E-state index in [1.54, 1.807) is 30.4 Å². The largest absolute Gasteiger partial charge is 0.362 e. The molecule has 0 spiro atoms. The first-order chi connectivity index (χ1) is 11.6. The van der Waals surface area contributed by atoms with Crippen LogP contribution in [0.3, 0.4) is 0 Å². The van der Waals surface area contributed by atoms with Gasteiger partial charge in [-0.2, -0.15) is 5.10 Å². The molecule has 0 aliphatic carbocycles. The Morgan fingerprint density at radius 1 is 1.21 bits per heavy atom. The first-order valence-electron chi connectivity index (χ1n) is 7.11. The number of rotatable bonds is 6. The summed E-state index contributed by atoms with van der Waals surface area (Å²) in [7, 11) is 1.55. The molecule has 8 nitrogen and oxygen atoms in total. The average molecular weight is 347 g/mol. The van der Waals surface area contributed by atoms with E-state index >= 15 is 0 Å². The van der Waals surface area contributed by atoms with E-state index in [-0.39, 0.29) is 24.3 Å². The summed E-state index contributed by atoms with van der Waals surface area (Å²) in [6, 6.07) is 9.04. The van der Waals surface area contributed by atoms with Crippen LogP contribution in [0.2, 0.25) is 5.02 Å². The number of methoxy groups -OCH3 is 1. The number of carbonyl (C=O) groups is 1. The van der Waals surface area contributed by atoms with Crippen molar-refractivity contribution in [2.45, 2.75) is 13.3 Å². The van der Waals surface area contributed by atoms with Crippen molar-refractivity contribution in [1.29, 1.82) is 0 Å². The van der Waals surface area contributed by atoms with Crippen molar-refractivity contribution < 1.29 is 9.53 Å². The number of halogens is 1. The van der Waals surface area contributed by atoms with Gasteiger partial charge in [0.15, 0.2) is 5.69 Å². The standard InChI is InChI=1S/C15H15ClN6O2/c1-24-10-21-7-6-13(19-21)14(23)18-15-17-9-22(20-15)8-11-2-4-12(16)5-3-11/h2-7,9H,8,10H2,1H3,(H,18,20,23). The fraction of sp³-hybridized carbons (Fsp3) is 0.200. The molecule has 0 unspecified atom stereocenters. The number of nitrogens with zero attached hydrogens (tertiary/aromatic N) is 5. The predicted molar refractivity (Wildman–Crippen MR) is 87.8 cm³/mol.